The van der Waals surface area contributed by atoms with Crippen LogP contribution in [0, 0.1) is 5.92 Å². The van der Waals surface area contributed by atoms with Crippen LogP contribution in [0.1, 0.15) is 65.2 Å². The number of hydrogen-bond acceptors (Lipinski definition) is 6. The minimum atomic E-state index is -0.907. The highest BCUT2D eigenvalue weighted by Gasteiger charge is 2.43. The number of amides is 2. The van der Waals surface area contributed by atoms with Gasteiger partial charge in [0.2, 0.25) is 0 Å². The van der Waals surface area contributed by atoms with Gasteiger partial charge in [0.1, 0.15) is 11.2 Å². The van der Waals surface area contributed by atoms with Gasteiger partial charge in [0.05, 0.1) is 18.2 Å². The molecule has 2 amide bonds. The largest absolute Gasteiger partial charge is 0.465 e. The van der Waals surface area contributed by atoms with Gasteiger partial charge in [-0.25, -0.2) is 9.79 Å². The first-order valence-corrected chi connectivity index (χ1v) is 10.6. The topological polar surface area (TPSA) is 110 Å². The Bertz CT molecular complexity index is 1080. The molecule has 0 bridgehead atoms. The van der Waals surface area contributed by atoms with E-state index >= 15 is 0 Å². The third kappa shape index (κ3) is 4.54. The molecule has 2 heterocycles. The lowest BCUT2D eigenvalue weighted by Gasteiger charge is -2.21. The predicted molar refractivity (Wildman–Crippen MR) is 120 cm³/mol. The Morgan fingerprint density at radius 3 is 2.44 bits per heavy atom. The van der Waals surface area contributed by atoms with Gasteiger partial charge in [-0.05, 0) is 48.6 Å². The van der Waals surface area contributed by atoms with Crippen molar-refractivity contribution in [3.63, 3.8) is 0 Å². The Balaban J connectivity index is 1.85. The van der Waals surface area contributed by atoms with Crippen LogP contribution in [0.4, 0.5) is 0 Å². The van der Waals surface area contributed by atoms with Gasteiger partial charge in [-0.2, -0.15) is 0 Å². The number of aromatic nitrogens is 1. The van der Waals surface area contributed by atoms with E-state index in [4.69, 9.17) is 4.74 Å². The predicted octanol–water partition coefficient (Wildman–Crippen LogP) is 2.65. The highest BCUT2D eigenvalue weighted by molar-refractivity contribution is 6.18. The molecule has 32 heavy (non-hydrogen) atoms. The van der Waals surface area contributed by atoms with Crippen LogP contribution in [0.2, 0.25) is 0 Å². The number of hydrogen-bond donors (Lipinski definition) is 2. The van der Waals surface area contributed by atoms with E-state index in [1.165, 1.54) is 7.11 Å². The van der Waals surface area contributed by atoms with Crippen molar-refractivity contribution in [3.8, 4) is 0 Å². The minimum Gasteiger partial charge on any atom is -0.465 e. The molecule has 2 N–H and O–H groups in total. The van der Waals surface area contributed by atoms with Gasteiger partial charge in [0.25, 0.3) is 11.8 Å². The maximum atomic E-state index is 13.1. The number of methoxy groups -OCH3 is 1. The summed E-state index contributed by atoms with van der Waals surface area (Å²) in [4.78, 5) is 46.2. The van der Waals surface area contributed by atoms with Gasteiger partial charge in [-0.3, -0.25) is 14.6 Å². The second-order valence-corrected chi connectivity index (χ2v) is 8.18. The van der Waals surface area contributed by atoms with Crippen molar-refractivity contribution in [3.05, 3.63) is 64.5 Å². The van der Waals surface area contributed by atoms with Crippen LogP contribution in [0.15, 0.2) is 41.5 Å². The van der Waals surface area contributed by atoms with Crippen molar-refractivity contribution < 1.29 is 19.1 Å². The van der Waals surface area contributed by atoms with E-state index in [0.717, 1.165) is 11.1 Å². The summed E-state index contributed by atoms with van der Waals surface area (Å²) >= 11 is 0. The lowest BCUT2D eigenvalue weighted by atomic mass is 9.89. The fourth-order valence-corrected chi connectivity index (χ4v) is 3.27. The molecule has 2 aromatic rings. The number of ether oxygens (including phenoxy) is 1. The van der Waals surface area contributed by atoms with Crippen molar-refractivity contribution in [2.75, 3.05) is 7.11 Å². The summed E-state index contributed by atoms with van der Waals surface area (Å²) in [5.41, 5.74) is 1.95. The molecular weight excluding hydrogens is 408 g/mol. The van der Waals surface area contributed by atoms with E-state index in [9.17, 15) is 14.4 Å². The van der Waals surface area contributed by atoms with Crippen LogP contribution in [-0.2, 0) is 22.5 Å². The fraction of sp³-hybridized carbons (Fsp3) is 0.375. The number of pyridine rings is 1. The van der Waals surface area contributed by atoms with Gasteiger partial charge >= 0.3 is 5.97 Å². The highest BCUT2D eigenvalue weighted by Crippen LogP contribution is 2.27. The van der Waals surface area contributed by atoms with Crippen LogP contribution >= 0.6 is 0 Å². The molecule has 0 aliphatic carbocycles. The first-order valence-electron chi connectivity index (χ1n) is 10.6. The number of benzene rings is 1. The van der Waals surface area contributed by atoms with Crippen molar-refractivity contribution in [1.29, 1.82) is 0 Å². The van der Waals surface area contributed by atoms with Crippen molar-refractivity contribution in [2.24, 2.45) is 10.9 Å². The maximum Gasteiger partial charge on any atom is 0.337 e. The van der Waals surface area contributed by atoms with Gasteiger partial charge < -0.3 is 15.4 Å². The molecule has 0 fully saturated rings. The van der Waals surface area contributed by atoms with E-state index < -0.39 is 11.5 Å². The van der Waals surface area contributed by atoms with Crippen LogP contribution in [0.3, 0.4) is 0 Å². The van der Waals surface area contributed by atoms with Gasteiger partial charge in [-0.1, -0.05) is 32.9 Å². The third-order valence-corrected chi connectivity index (χ3v) is 5.81. The average Bonchev–Trinajstić information content (AvgIpc) is 3.12. The normalized spacial score (nSPS) is 17.7. The molecule has 1 aliphatic heterocycles. The van der Waals surface area contributed by atoms with Crippen molar-refractivity contribution >= 4 is 23.6 Å². The van der Waals surface area contributed by atoms with E-state index in [1.807, 2.05) is 20.8 Å². The average molecular weight is 437 g/mol. The summed E-state index contributed by atoms with van der Waals surface area (Å²) in [6, 6.07) is 8.58. The quantitative estimate of drug-likeness (QED) is 0.649. The molecule has 0 saturated heterocycles. The number of esters is 1. The number of carbonyl (C=O) groups is 3. The smallest absolute Gasteiger partial charge is 0.337 e. The SMILES string of the molecule is CCc1cnc(C2=NC(C)(C(C)C)C(=O)N2)c(C(=O)NCc2ccc(C(=O)OC)cc2)c1. The number of aliphatic imine (C=N–C) groups is 1. The number of nitrogens with zero attached hydrogens (tertiary/aromatic N) is 2. The molecule has 0 radical (unpaired) electrons. The molecule has 3 rings (SSSR count). The molecule has 0 spiro atoms. The van der Waals surface area contributed by atoms with E-state index in [-0.39, 0.29) is 24.3 Å². The zero-order valence-electron chi connectivity index (χ0n) is 19.0. The Kier molecular flexibility index (Phi) is 6.72. The number of amidine groups is 1. The lowest BCUT2D eigenvalue weighted by molar-refractivity contribution is -0.124. The minimum absolute atomic E-state index is 0.0137. The molecule has 8 heteroatoms. The molecule has 1 aromatic carbocycles. The molecule has 1 unspecified atom stereocenters. The zero-order valence-corrected chi connectivity index (χ0v) is 19.0. The monoisotopic (exact) mass is 436 g/mol. The Labute approximate surface area is 187 Å². The molecule has 168 valence electrons. The van der Waals surface area contributed by atoms with Gasteiger partial charge in [0.15, 0.2) is 5.84 Å². The zero-order chi connectivity index (χ0) is 23.5. The summed E-state index contributed by atoms with van der Waals surface area (Å²) in [6.07, 6.45) is 2.41. The Morgan fingerprint density at radius 1 is 1.19 bits per heavy atom. The molecule has 1 atom stereocenters. The van der Waals surface area contributed by atoms with E-state index in [0.29, 0.717) is 29.1 Å². The van der Waals surface area contributed by atoms with Crippen LogP contribution in [0.5, 0.6) is 0 Å². The second-order valence-electron chi connectivity index (χ2n) is 8.18. The van der Waals surface area contributed by atoms with E-state index in [2.05, 4.69) is 20.6 Å². The Hall–Kier alpha value is -3.55. The maximum absolute atomic E-state index is 13.1. The molecule has 0 saturated carbocycles. The summed E-state index contributed by atoms with van der Waals surface area (Å²) in [6.45, 7) is 7.88. The number of rotatable bonds is 7. The molecule has 1 aliphatic rings. The standard InChI is InChI=1S/C24H28N4O4/c1-6-15-11-18(19(25-12-15)20-27-23(31)24(4,28-20)14(2)3)21(29)26-13-16-7-9-17(10-8-16)22(30)32-5/h7-12,14H,6,13H2,1-5H3,(H,26,29)(H,27,28,31). The third-order valence-electron chi connectivity index (χ3n) is 5.81. The number of nitrogens with one attached hydrogen (secondary N) is 2. The highest BCUT2D eigenvalue weighted by atomic mass is 16.5. The van der Waals surface area contributed by atoms with Gasteiger partial charge in [0, 0.05) is 12.7 Å². The fourth-order valence-electron chi connectivity index (χ4n) is 3.27. The van der Waals surface area contributed by atoms with Crippen molar-refractivity contribution in [1.82, 2.24) is 15.6 Å². The van der Waals surface area contributed by atoms with E-state index in [1.54, 1.807) is 43.5 Å². The Morgan fingerprint density at radius 2 is 1.88 bits per heavy atom. The summed E-state index contributed by atoms with van der Waals surface area (Å²) in [5, 5.41) is 5.68. The molecule has 8 nitrogen and oxygen atoms in total. The summed E-state index contributed by atoms with van der Waals surface area (Å²) in [5.74, 6) is -0.655. The molecular formula is C24H28N4O4. The first kappa shape index (κ1) is 23.1. The lowest BCUT2D eigenvalue weighted by Crippen LogP contribution is -2.41. The van der Waals surface area contributed by atoms with Gasteiger partial charge in [-0.15, -0.1) is 0 Å². The number of aryl methyl sites for hydroxylation is 1. The first-order chi connectivity index (χ1) is 15.2. The molecule has 1 aromatic heterocycles. The van der Waals surface area contributed by atoms with Crippen LogP contribution in [0.25, 0.3) is 0 Å². The summed E-state index contributed by atoms with van der Waals surface area (Å²) in [7, 11) is 1.33. The van der Waals surface area contributed by atoms with Crippen LogP contribution < -0.4 is 10.6 Å². The number of carbonyl (C=O) groups excluding carboxylic acids is 3. The van der Waals surface area contributed by atoms with Crippen LogP contribution in [-0.4, -0.2) is 41.3 Å². The van der Waals surface area contributed by atoms with Crippen molar-refractivity contribution in [2.45, 2.75) is 46.2 Å². The second kappa shape index (κ2) is 9.30. The summed E-state index contributed by atoms with van der Waals surface area (Å²) < 4.78 is 4.70.